The minimum absolute atomic E-state index is 0.0844. The number of carbonyl (C=O) groups is 1. The molecule has 0 aliphatic rings. The van der Waals surface area contributed by atoms with Gasteiger partial charge in [0.1, 0.15) is 16.5 Å². The summed E-state index contributed by atoms with van der Waals surface area (Å²) in [6, 6.07) is 7.27. The highest BCUT2D eigenvalue weighted by molar-refractivity contribution is 7.92. The van der Waals surface area contributed by atoms with E-state index in [4.69, 9.17) is 5.11 Å². The van der Waals surface area contributed by atoms with Crippen LogP contribution in [0.3, 0.4) is 0 Å². The van der Waals surface area contributed by atoms with E-state index in [1.54, 1.807) is 0 Å². The molecule has 1 aromatic heterocycles. The molecule has 1 heterocycles. The van der Waals surface area contributed by atoms with Crippen LogP contribution in [0, 0.1) is 5.82 Å². The fourth-order valence-corrected chi connectivity index (χ4v) is 2.52. The lowest BCUT2D eigenvalue weighted by Crippen LogP contribution is -2.15. The number of anilines is 1. The highest BCUT2D eigenvalue weighted by Crippen LogP contribution is 2.17. The maximum Gasteiger partial charge on any atom is 0.337 e. The first-order chi connectivity index (χ1) is 9.40. The zero-order chi connectivity index (χ0) is 14.8. The molecule has 104 valence electrons. The molecule has 0 aliphatic carbocycles. The molecule has 2 rings (SSSR count). The van der Waals surface area contributed by atoms with Crippen LogP contribution in [0.5, 0.6) is 0 Å². The van der Waals surface area contributed by atoms with E-state index >= 15 is 0 Å². The van der Waals surface area contributed by atoms with Gasteiger partial charge in [-0.25, -0.2) is 22.6 Å². The summed E-state index contributed by atoms with van der Waals surface area (Å²) in [5.41, 5.74) is -0.0844. The van der Waals surface area contributed by atoms with E-state index < -0.39 is 26.7 Å². The molecule has 0 bridgehead atoms. The summed E-state index contributed by atoms with van der Waals surface area (Å²) in [7, 11) is -4.11. The first-order valence-corrected chi connectivity index (χ1v) is 6.85. The van der Waals surface area contributed by atoms with Crippen molar-refractivity contribution in [1.29, 1.82) is 0 Å². The largest absolute Gasteiger partial charge is 0.478 e. The molecule has 0 radical (unpaired) electrons. The average molecular weight is 296 g/mol. The highest BCUT2D eigenvalue weighted by atomic mass is 32.2. The molecule has 0 saturated heterocycles. The van der Waals surface area contributed by atoms with Crippen LogP contribution >= 0.6 is 0 Å². The van der Waals surface area contributed by atoms with Crippen LogP contribution in [0.1, 0.15) is 10.4 Å². The summed E-state index contributed by atoms with van der Waals surface area (Å²) in [6.07, 6.45) is 1.00. The number of aromatic carboxylic acids is 1. The average Bonchev–Trinajstić information content (AvgIpc) is 2.39. The maximum atomic E-state index is 13.4. The second kappa shape index (κ2) is 5.25. The second-order valence-electron chi connectivity index (χ2n) is 3.77. The number of nitrogens with one attached hydrogen (secondary N) is 1. The zero-order valence-corrected chi connectivity index (χ0v) is 10.8. The van der Waals surface area contributed by atoms with Gasteiger partial charge in [-0.1, -0.05) is 12.1 Å². The van der Waals surface area contributed by atoms with Gasteiger partial charge >= 0.3 is 5.97 Å². The fraction of sp³-hybridized carbons (Fsp3) is 0. The predicted octanol–water partition coefficient (Wildman–Crippen LogP) is 1.72. The van der Waals surface area contributed by atoms with Crippen molar-refractivity contribution in [2.45, 2.75) is 4.90 Å². The maximum absolute atomic E-state index is 13.4. The summed E-state index contributed by atoms with van der Waals surface area (Å²) in [5.74, 6) is -2.17. The van der Waals surface area contributed by atoms with Crippen LogP contribution in [0.15, 0.2) is 47.5 Å². The van der Waals surface area contributed by atoms with Gasteiger partial charge in [0.25, 0.3) is 10.0 Å². The Morgan fingerprint density at radius 1 is 1.20 bits per heavy atom. The second-order valence-corrected chi connectivity index (χ2v) is 5.42. The molecule has 0 saturated carbocycles. The van der Waals surface area contributed by atoms with Crippen LogP contribution in [0.25, 0.3) is 0 Å². The van der Waals surface area contributed by atoms with Crippen LogP contribution in [0.4, 0.5) is 10.2 Å². The third-order valence-electron chi connectivity index (χ3n) is 2.38. The Labute approximate surface area is 114 Å². The summed E-state index contributed by atoms with van der Waals surface area (Å²) >= 11 is 0. The number of hydrogen-bond donors (Lipinski definition) is 2. The number of nitrogens with zero attached hydrogens (tertiary/aromatic N) is 1. The lowest BCUT2D eigenvalue weighted by Gasteiger charge is -2.08. The summed E-state index contributed by atoms with van der Waals surface area (Å²) in [4.78, 5) is 13.8. The van der Waals surface area contributed by atoms with Crippen molar-refractivity contribution in [2.24, 2.45) is 0 Å². The zero-order valence-electron chi connectivity index (χ0n) is 9.95. The summed E-state index contributed by atoms with van der Waals surface area (Å²) in [5, 5.41) is 8.69. The third-order valence-corrected chi connectivity index (χ3v) is 3.76. The third kappa shape index (κ3) is 2.91. The van der Waals surface area contributed by atoms with E-state index in [2.05, 4.69) is 9.71 Å². The van der Waals surface area contributed by atoms with Crippen molar-refractivity contribution >= 4 is 21.8 Å². The molecule has 0 fully saturated rings. The predicted molar refractivity (Wildman–Crippen MR) is 68.4 cm³/mol. The van der Waals surface area contributed by atoms with Crippen LogP contribution in [0.2, 0.25) is 0 Å². The monoisotopic (exact) mass is 296 g/mol. The normalized spacial score (nSPS) is 11.1. The number of benzene rings is 1. The molecule has 6 nitrogen and oxygen atoms in total. The Bertz CT molecular complexity index is 744. The van der Waals surface area contributed by atoms with Crippen molar-refractivity contribution < 1.29 is 22.7 Å². The standard InChI is InChI=1S/C12H9FN2O4S/c13-9-3-1-2-4-10(9)20(18,19)15-11-6-5-8(7-14-11)12(16)17/h1-7H,(H,14,15)(H,16,17). The number of sulfonamides is 1. The fourth-order valence-electron chi connectivity index (χ4n) is 1.44. The summed E-state index contributed by atoms with van der Waals surface area (Å²) < 4.78 is 39.4. The topological polar surface area (TPSA) is 96.4 Å². The van der Waals surface area contributed by atoms with Crippen molar-refractivity contribution in [3.8, 4) is 0 Å². The molecular weight excluding hydrogens is 287 g/mol. The molecule has 1 aromatic carbocycles. The van der Waals surface area contributed by atoms with Gasteiger partial charge < -0.3 is 5.11 Å². The molecule has 0 atom stereocenters. The van der Waals surface area contributed by atoms with E-state index in [1.165, 1.54) is 24.3 Å². The quantitative estimate of drug-likeness (QED) is 0.895. The van der Waals surface area contributed by atoms with Gasteiger partial charge in [-0.2, -0.15) is 0 Å². The Kier molecular flexibility index (Phi) is 3.66. The smallest absolute Gasteiger partial charge is 0.337 e. The van der Waals surface area contributed by atoms with Gasteiger partial charge in [0.15, 0.2) is 0 Å². The van der Waals surface area contributed by atoms with E-state index in [9.17, 15) is 17.6 Å². The Balaban J connectivity index is 2.29. The van der Waals surface area contributed by atoms with Crippen LogP contribution in [-0.4, -0.2) is 24.5 Å². The van der Waals surface area contributed by atoms with Gasteiger partial charge in [-0.3, -0.25) is 4.72 Å². The minimum Gasteiger partial charge on any atom is -0.478 e. The van der Waals surface area contributed by atoms with Crippen molar-refractivity contribution in [2.75, 3.05) is 4.72 Å². The van der Waals surface area contributed by atoms with E-state index in [-0.39, 0.29) is 11.4 Å². The lowest BCUT2D eigenvalue weighted by atomic mass is 10.3. The number of rotatable bonds is 4. The molecule has 20 heavy (non-hydrogen) atoms. The van der Waals surface area contributed by atoms with Gasteiger partial charge in [0.05, 0.1) is 5.56 Å². The van der Waals surface area contributed by atoms with Gasteiger partial charge in [0.2, 0.25) is 0 Å². The van der Waals surface area contributed by atoms with Crippen LogP contribution in [-0.2, 0) is 10.0 Å². The Hall–Kier alpha value is -2.48. The molecule has 0 unspecified atom stereocenters. The molecule has 2 aromatic rings. The van der Waals surface area contributed by atoms with Gasteiger partial charge in [-0.05, 0) is 24.3 Å². The molecule has 0 amide bonds. The first kappa shape index (κ1) is 13.9. The summed E-state index contributed by atoms with van der Waals surface area (Å²) in [6.45, 7) is 0. The highest BCUT2D eigenvalue weighted by Gasteiger charge is 2.19. The van der Waals surface area contributed by atoms with Crippen LogP contribution < -0.4 is 4.72 Å². The minimum atomic E-state index is -4.11. The van der Waals surface area contributed by atoms with E-state index in [0.29, 0.717) is 0 Å². The van der Waals surface area contributed by atoms with Gasteiger partial charge in [-0.15, -0.1) is 0 Å². The number of carboxylic acids is 1. The molecule has 0 aliphatic heterocycles. The van der Waals surface area contributed by atoms with Gasteiger partial charge in [0, 0.05) is 6.20 Å². The van der Waals surface area contributed by atoms with Crippen molar-refractivity contribution in [3.05, 3.63) is 54.0 Å². The molecule has 0 spiro atoms. The Morgan fingerprint density at radius 3 is 2.45 bits per heavy atom. The molecule has 2 N–H and O–H groups in total. The molecule has 8 heteroatoms. The first-order valence-electron chi connectivity index (χ1n) is 5.37. The number of aromatic nitrogens is 1. The van der Waals surface area contributed by atoms with E-state index in [0.717, 1.165) is 18.3 Å². The van der Waals surface area contributed by atoms with E-state index in [1.807, 2.05) is 0 Å². The molecular formula is C12H9FN2O4S. The lowest BCUT2D eigenvalue weighted by molar-refractivity contribution is 0.0696. The number of halogens is 1. The Morgan fingerprint density at radius 2 is 1.90 bits per heavy atom. The number of hydrogen-bond acceptors (Lipinski definition) is 4. The SMILES string of the molecule is O=C(O)c1ccc(NS(=O)(=O)c2ccccc2F)nc1. The van der Waals surface area contributed by atoms with Crippen molar-refractivity contribution in [1.82, 2.24) is 4.98 Å². The number of pyridine rings is 1. The van der Waals surface area contributed by atoms with Crippen molar-refractivity contribution in [3.63, 3.8) is 0 Å². The number of carboxylic acid groups (broad SMARTS) is 1.